The Hall–Kier alpha value is -3.32. The highest BCUT2D eigenvalue weighted by Gasteiger charge is 2.20. The van der Waals surface area contributed by atoms with Crippen LogP contribution in [-0.4, -0.2) is 25.8 Å². The van der Waals surface area contributed by atoms with Gasteiger partial charge >= 0.3 is 5.69 Å². The monoisotopic (exact) mass is 438 g/mol. The molecule has 0 amide bonds. The van der Waals surface area contributed by atoms with Crippen LogP contribution in [0.2, 0.25) is 5.02 Å². The lowest BCUT2D eigenvalue weighted by atomic mass is 10.2. The Kier molecular flexibility index (Phi) is 5.69. The standard InChI is InChI=1S/C23H23ClN4O3/c1-15(2)12-27-22(29)20-21(28(23(27)30)18-6-4-5-17(24)11-18)25-14-26(20)13-16-7-9-19(31-3)10-8-16/h4-11,14-15H,12-13H2,1-3H3. The van der Waals surface area contributed by atoms with Gasteiger partial charge in [-0.2, -0.15) is 0 Å². The summed E-state index contributed by atoms with van der Waals surface area (Å²) >= 11 is 6.17. The van der Waals surface area contributed by atoms with Crippen LogP contribution in [0.4, 0.5) is 0 Å². The van der Waals surface area contributed by atoms with Gasteiger partial charge in [0.05, 0.1) is 19.1 Å². The van der Waals surface area contributed by atoms with Crippen LogP contribution < -0.4 is 16.0 Å². The summed E-state index contributed by atoms with van der Waals surface area (Å²) in [6.45, 7) is 4.68. The average molecular weight is 439 g/mol. The third-order valence-electron chi connectivity index (χ3n) is 5.03. The lowest BCUT2D eigenvalue weighted by Crippen LogP contribution is -2.41. The summed E-state index contributed by atoms with van der Waals surface area (Å²) in [6, 6.07) is 14.6. The quantitative estimate of drug-likeness (QED) is 0.460. The molecule has 0 saturated carbocycles. The highest BCUT2D eigenvalue weighted by Crippen LogP contribution is 2.19. The first-order chi connectivity index (χ1) is 14.9. The van der Waals surface area contributed by atoms with Crippen molar-refractivity contribution in [2.75, 3.05) is 7.11 Å². The fraction of sp³-hybridized carbons (Fsp3) is 0.261. The summed E-state index contributed by atoms with van der Waals surface area (Å²) in [5, 5.41) is 0.497. The van der Waals surface area contributed by atoms with Gasteiger partial charge in [-0.05, 0) is 41.8 Å². The van der Waals surface area contributed by atoms with Gasteiger partial charge in [-0.15, -0.1) is 0 Å². The first-order valence-electron chi connectivity index (χ1n) is 9.98. The molecule has 31 heavy (non-hydrogen) atoms. The normalized spacial score (nSPS) is 11.4. The molecule has 0 atom stereocenters. The molecule has 0 fully saturated rings. The molecule has 0 aliphatic heterocycles. The van der Waals surface area contributed by atoms with E-state index >= 15 is 0 Å². The molecule has 0 radical (unpaired) electrons. The number of rotatable bonds is 6. The highest BCUT2D eigenvalue weighted by atomic mass is 35.5. The van der Waals surface area contributed by atoms with Crippen LogP contribution in [0.25, 0.3) is 16.9 Å². The van der Waals surface area contributed by atoms with Crippen LogP contribution in [-0.2, 0) is 13.1 Å². The lowest BCUT2D eigenvalue weighted by Gasteiger charge is -2.14. The van der Waals surface area contributed by atoms with E-state index in [1.165, 1.54) is 9.13 Å². The molecular weight excluding hydrogens is 416 g/mol. The van der Waals surface area contributed by atoms with Gasteiger partial charge in [0.2, 0.25) is 0 Å². The van der Waals surface area contributed by atoms with Gasteiger partial charge in [0.25, 0.3) is 5.56 Å². The number of ether oxygens (including phenoxy) is 1. The van der Waals surface area contributed by atoms with Crippen LogP contribution in [0, 0.1) is 5.92 Å². The van der Waals surface area contributed by atoms with Gasteiger partial charge < -0.3 is 9.30 Å². The van der Waals surface area contributed by atoms with Crippen molar-refractivity contribution in [1.29, 1.82) is 0 Å². The Bertz CT molecular complexity index is 1350. The van der Waals surface area contributed by atoms with E-state index in [2.05, 4.69) is 4.98 Å². The van der Waals surface area contributed by atoms with Crippen molar-refractivity contribution < 1.29 is 4.74 Å². The Labute approximate surface area is 184 Å². The number of hydrogen-bond donors (Lipinski definition) is 0. The van der Waals surface area contributed by atoms with Gasteiger partial charge in [0, 0.05) is 18.1 Å². The summed E-state index contributed by atoms with van der Waals surface area (Å²) in [6.07, 6.45) is 1.59. The molecule has 0 aliphatic rings. The Morgan fingerprint density at radius 3 is 2.48 bits per heavy atom. The van der Waals surface area contributed by atoms with Crippen LogP contribution in [0.15, 0.2) is 64.4 Å². The molecule has 0 spiro atoms. The molecule has 160 valence electrons. The number of aromatic nitrogens is 4. The molecule has 8 heteroatoms. The van der Waals surface area contributed by atoms with E-state index in [0.29, 0.717) is 35.0 Å². The summed E-state index contributed by atoms with van der Waals surface area (Å²) in [5.74, 6) is 0.877. The molecule has 7 nitrogen and oxygen atoms in total. The number of fused-ring (bicyclic) bond motifs is 1. The average Bonchev–Trinajstić information content (AvgIpc) is 3.15. The molecule has 0 aliphatic carbocycles. The van der Waals surface area contributed by atoms with E-state index < -0.39 is 5.69 Å². The number of imidazole rings is 1. The van der Waals surface area contributed by atoms with Gasteiger partial charge in [-0.3, -0.25) is 9.36 Å². The minimum Gasteiger partial charge on any atom is -0.497 e. The van der Waals surface area contributed by atoms with E-state index in [1.807, 2.05) is 38.1 Å². The predicted molar refractivity (Wildman–Crippen MR) is 122 cm³/mol. The minimum absolute atomic E-state index is 0.119. The minimum atomic E-state index is -0.428. The summed E-state index contributed by atoms with van der Waals surface area (Å²) in [4.78, 5) is 31.1. The van der Waals surface area contributed by atoms with E-state index in [1.54, 1.807) is 42.3 Å². The fourth-order valence-electron chi connectivity index (χ4n) is 3.60. The predicted octanol–water partition coefficient (Wildman–Crippen LogP) is 3.72. The molecule has 0 bridgehead atoms. The van der Waals surface area contributed by atoms with Crippen molar-refractivity contribution in [3.05, 3.63) is 86.3 Å². The highest BCUT2D eigenvalue weighted by molar-refractivity contribution is 6.30. The molecule has 2 aromatic carbocycles. The van der Waals surface area contributed by atoms with E-state index in [0.717, 1.165) is 11.3 Å². The maximum atomic E-state index is 13.4. The van der Waals surface area contributed by atoms with Crippen molar-refractivity contribution in [3.63, 3.8) is 0 Å². The van der Waals surface area contributed by atoms with E-state index in [-0.39, 0.29) is 11.5 Å². The zero-order chi connectivity index (χ0) is 22.1. The van der Waals surface area contributed by atoms with Crippen LogP contribution in [0.3, 0.4) is 0 Å². The molecule has 2 aromatic heterocycles. The number of halogens is 1. The second kappa shape index (κ2) is 8.43. The molecule has 0 N–H and O–H groups in total. The second-order valence-corrected chi connectivity index (χ2v) is 8.24. The van der Waals surface area contributed by atoms with Crippen LogP contribution in [0.1, 0.15) is 19.4 Å². The van der Waals surface area contributed by atoms with Crippen LogP contribution in [0.5, 0.6) is 5.75 Å². The molecule has 0 saturated heterocycles. The van der Waals surface area contributed by atoms with Gasteiger partial charge in [0.1, 0.15) is 5.75 Å². The Morgan fingerprint density at radius 2 is 1.84 bits per heavy atom. The summed E-state index contributed by atoms with van der Waals surface area (Å²) in [7, 11) is 1.62. The third kappa shape index (κ3) is 4.01. The fourth-order valence-corrected chi connectivity index (χ4v) is 3.79. The summed E-state index contributed by atoms with van der Waals surface area (Å²) < 4.78 is 9.72. The second-order valence-electron chi connectivity index (χ2n) is 7.80. The number of benzene rings is 2. The molecule has 4 rings (SSSR count). The van der Waals surface area contributed by atoms with Crippen molar-refractivity contribution in [2.45, 2.75) is 26.9 Å². The molecule has 4 aromatic rings. The van der Waals surface area contributed by atoms with Gasteiger partial charge in [-0.25, -0.2) is 14.3 Å². The number of hydrogen-bond acceptors (Lipinski definition) is 4. The Balaban J connectivity index is 1.95. The van der Waals surface area contributed by atoms with E-state index in [4.69, 9.17) is 16.3 Å². The topological polar surface area (TPSA) is 71.1 Å². The first-order valence-corrected chi connectivity index (χ1v) is 10.4. The zero-order valence-corrected chi connectivity index (χ0v) is 18.3. The van der Waals surface area contributed by atoms with Crippen molar-refractivity contribution >= 4 is 22.8 Å². The van der Waals surface area contributed by atoms with Crippen molar-refractivity contribution in [1.82, 2.24) is 18.7 Å². The third-order valence-corrected chi connectivity index (χ3v) is 5.26. The lowest BCUT2D eigenvalue weighted by molar-refractivity contribution is 0.414. The molecular formula is C23H23ClN4O3. The number of nitrogens with zero attached hydrogens (tertiary/aromatic N) is 4. The maximum Gasteiger partial charge on any atom is 0.337 e. The number of methoxy groups -OCH3 is 1. The smallest absolute Gasteiger partial charge is 0.337 e. The van der Waals surface area contributed by atoms with Gasteiger partial charge in [-0.1, -0.05) is 43.6 Å². The first kappa shape index (κ1) is 20.9. The van der Waals surface area contributed by atoms with Crippen molar-refractivity contribution in [2.24, 2.45) is 5.92 Å². The SMILES string of the molecule is COc1ccc(Cn2cnc3c2c(=O)n(CC(C)C)c(=O)n3-c2cccc(Cl)c2)cc1. The maximum absolute atomic E-state index is 13.4. The van der Waals surface area contributed by atoms with E-state index in [9.17, 15) is 9.59 Å². The molecule has 0 unspecified atom stereocenters. The van der Waals surface area contributed by atoms with Crippen molar-refractivity contribution in [3.8, 4) is 11.4 Å². The summed E-state index contributed by atoms with van der Waals surface area (Å²) in [5.41, 5.74) is 1.45. The van der Waals surface area contributed by atoms with Gasteiger partial charge in [0.15, 0.2) is 11.2 Å². The van der Waals surface area contributed by atoms with Crippen LogP contribution >= 0.6 is 11.6 Å². The zero-order valence-electron chi connectivity index (χ0n) is 17.6. The Morgan fingerprint density at radius 1 is 1.10 bits per heavy atom. The molecule has 2 heterocycles. The largest absolute Gasteiger partial charge is 0.497 e.